The Morgan fingerprint density at radius 2 is 2.12 bits per heavy atom. The molecule has 1 aromatic carbocycles. The third kappa shape index (κ3) is 1.53. The molecule has 3 atom stereocenters. The first-order valence-corrected chi connectivity index (χ1v) is 6.08. The van der Waals surface area contributed by atoms with E-state index in [1.807, 2.05) is 0 Å². The molecule has 0 spiro atoms. The van der Waals surface area contributed by atoms with Gasteiger partial charge < -0.3 is 5.11 Å². The first kappa shape index (κ1) is 9.88. The number of hydrogen-bond donors (Lipinski definition) is 1. The van der Waals surface area contributed by atoms with Crippen molar-refractivity contribution in [3.8, 4) is 0 Å². The van der Waals surface area contributed by atoms with Crippen LogP contribution in [-0.2, 0) is 11.2 Å². The topological polar surface area (TPSA) is 37.3 Å². The maximum Gasteiger partial charge on any atom is 0.306 e. The molecule has 2 heteroatoms. The summed E-state index contributed by atoms with van der Waals surface area (Å²) in [4.78, 5) is 10.9. The molecule has 1 unspecified atom stereocenters. The quantitative estimate of drug-likeness (QED) is 0.825. The van der Waals surface area contributed by atoms with E-state index in [4.69, 9.17) is 5.11 Å². The van der Waals surface area contributed by atoms with E-state index in [1.165, 1.54) is 24.0 Å². The van der Waals surface area contributed by atoms with Crippen molar-refractivity contribution in [3.05, 3.63) is 35.4 Å². The summed E-state index contributed by atoms with van der Waals surface area (Å²) in [5.41, 5.74) is 2.86. The Labute approximate surface area is 95.3 Å². The molecule has 3 rings (SSSR count). The summed E-state index contributed by atoms with van der Waals surface area (Å²) in [6.07, 6.45) is 4.43. The second kappa shape index (κ2) is 3.62. The summed E-state index contributed by atoms with van der Waals surface area (Å²) in [5.74, 6) is 0.231. The minimum Gasteiger partial charge on any atom is -0.481 e. The highest BCUT2D eigenvalue weighted by molar-refractivity contribution is 5.73. The third-order valence-corrected chi connectivity index (χ3v) is 4.09. The normalized spacial score (nSPS) is 31.9. The number of aryl methyl sites for hydroxylation is 1. The van der Waals surface area contributed by atoms with Crippen LogP contribution in [0.15, 0.2) is 24.3 Å². The van der Waals surface area contributed by atoms with Gasteiger partial charge >= 0.3 is 5.97 Å². The van der Waals surface area contributed by atoms with Crippen LogP contribution >= 0.6 is 0 Å². The molecule has 2 nitrogen and oxygen atoms in total. The van der Waals surface area contributed by atoms with Gasteiger partial charge in [0.2, 0.25) is 0 Å². The average molecular weight is 216 g/mol. The molecule has 0 aliphatic heterocycles. The van der Waals surface area contributed by atoms with Gasteiger partial charge in [0, 0.05) is 0 Å². The van der Waals surface area contributed by atoms with Gasteiger partial charge in [-0.25, -0.2) is 0 Å². The maximum atomic E-state index is 10.9. The van der Waals surface area contributed by atoms with Crippen molar-refractivity contribution < 1.29 is 9.90 Å². The Morgan fingerprint density at radius 1 is 1.31 bits per heavy atom. The van der Waals surface area contributed by atoms with Crippen molar-refractivity contribution >= 4 is 5.97 Å². The van der Waals surface area contributed by atoms with Gasteiger partial charge in [-0.15, -0.1) is 0 Å². The molecule has 2 aliphatic rings. The van der Waals surface area contributed by atoms with E-state index in [-0.39, 0.29) is 5.92 Å². The highest BCUT2D eigenvalue weighted by Crippen LogP contribution is 2.52. The van der Waals surface area contributed by atoms with Crippen molar-refractivity contribution in [2.45, 2.75) is 31.6 Å². The largest absolute Gasteiger partial charge is 0.481 e. The monoisotopic (exact) mass is 216 g/mol. The van der Waals surface area contributed by atoms with Gasteiger partial charge in [0.15, 0.2) is 0 Å². The van der Waals surface area contributed by atoms with Crippen LogP contribution in [0.5, 0.6) is 0 Å². The first-order chi connectivity index (χ1) is 7.77. The lowest BCUT2D eigenvalue weighted by Gasteiger charge is -2.25. The molecule has 1 N–H and O–H groups in total. The van der Waals surface area contributed by atoms with Gasteiger partial charge in [0.1, 0.15) is 0 Å². The number of hydrogen-bond acceptors (Lipinski definition) is 1. The molecule has 0 bridgehead atoms. The molecule has 16 heavy (non-hydrogen) atoms. The number of rotatable bonds is 2. The van der Waals surface area contributed by atoms with Crippen LogP contribution in [0.3, 0.4) is 0 Å². The van der Waals surface area contributed by atoms with E-state index >= 15 is 0 Å². The van der Waals surface area contributed by atoms with Crippen LogP contribution in [0.1, 0.15) is 36.3 Å². The number of carbonyl (C=O) groups is 1. The summed E-state index contributed by atoms with van der Waals surface area (Å²) >= 11 is 0. The summed E-state index contributed by atoms with van der Waals surface area (Å²) in [5, 5.41) is 9.00. The van der Waals surface area contributed by atoms with E-state index in [0.717, 1.165) is 12.8 Å². The fraction of sp³-hybridized carbons (Fsp3) is 0.500. The van der Waals surface area contributed by atoms with Crippen LogP contribution in [-0.4, -0.2) is 11.1 Å². The number of fused-ring (bicyclic) bond motifs is 1. The van der Waals surface area contributed by atoms with Crippen molar-refractivity contribution in [2.24, 2.45) is 11.8 Å². The van der Waals surface area contributed by atoms with Crippen molar-refractivity contribution in [3.63, 3.8) is 0 Å². The smallest absolute Gasteiger partial charge is 0.306 e. The zero-order valence-electron chi connectivity index (χ0n) is 9.23. The molecule has 0 saturated heterocycles. The molecular formula is C14H16O2. The van der Waals surface area contributed by atoms with Gasteiger partial charge in [-0.2, -0.15) is 0 Å². The number of carboxylic acid groups (broad SMARTS) is 1. The summed E-state index contributed by atoms with van der Waals surface area (Å²) < 4.78 is 0. The maximum absolute atomic E-state index is 10.9. The second-order valence-corrected chi connectivity index (χ2v) is 5.04. The summed E-state index contributed by atoms with van der Waals surface area (Å²) in [7, 11) is 0. The lowest BCUT2D eigenvalue weighted by molar-refractivity contribution is -0.138. The highest BCUT2D eigenvalue weighted by Gasteiger charge is 2.48. The SMILES string of the molecule is O=C(O)[C@@H]1C[C@H]1C1CCCc2ccccc21. The van der Waals surface area contributed by atoms with Crippen LogP contribution < -0.4 is 0 Å². The Hall–Kier alpha value is -1.31. The Balaban J connectivity index is 1.86. The molecule has 0 aromatic heterocycles. The van der Waals surface area contributed by atoms with E-state index in [0.29, 0.717) is 11.8 Å². The Morgan fingerprint density at radius 3 is 2.88 bits per heavy atom. The Bertz CT molecular complexity index is 424. The standard InChI is InChI=1S/C14H16O2/c15-14(16)13-8-12(13)11-7-3-5-9-4-1-2-6-10(9)11/h1-2,4,6,11-13H,3,5,7-8H2,(H,15,16)/t11?,12-,13+/m0/s1. The van der Waals surface area contributed by atoms with E-state index in [1.54, 1.807) is 0 Å². The molecule has 84 valence electrons. The van der Waals surface area contributed by atoms with E-state index in [9.17, 15) is 4.79 Å². The lowest BCUT2D eigenvalue weighted by Crippen LogP contribution is -2.13. The van der Waals surface area contributed by atoms with E-state index in [2.05, 4.69) is 24.3 Å². The molecule has 0 radical (unpaired) electrons. The predicted molar refractivity (Wildman–Crippen MR) is 61.4 cm³/mol. The van der Waals surface area contributed by atoms with Crippen LogP contribution in [0.4, 0.5) is 0 Å². The molecule has 0 heterocycles. The number of carboxylic acids is 1. The second-order valence-electron chi connectivity index (χ2n) is 5.04. The zero-order chi connectivity index (χ0) is 11.1. The first-order valence-electron chi connectivity index (χ1n) is 6.08. The fourth-order valence-corrected chi connectivity index (χ4v) is 3.18. The molecule has 1 saturated carbocycles. The van der Waals surface area contributed by atoms with Gasteiger partial charge in [-0.3, -0.25) is 4.79 Å². The minimum absolute atomic E-state index is 0.0730. The third-order valence-electron chi connectivity index (χ3n) is 4.09. The predicted octanol–water partition coefficient (Wildman–Crippen LogP) is 2.83. The van der Waals surface area contributed by atoms with Crippen molar-refractivity contribution in [1.82, 2.24) is 0 Å². The Kier molecular flexibility index (Phi) is 2.23. The molecular weight excluding hydrogens is 200 g/mol. The molecule has 1 aromatic rings. The van der Waals surface area contributed by atoms with Crippen LogP contribution in [0.2, 0.25) is 0 Å². The molecule has 0 amide bonds. The van der Waals surface area contributed by atoms with Gasteiger partial charge in [-0.1, -0.05) is 24.3 Å². The van der Waals surface area contributed by atoms with Gasteiger partial charge in [0.25, 0.3) is 0 Å². The van der Waals surface area contributed by atoms with Crippen molar-refractivity contribution in [1.29, 1.82) is 0 Å². The fourth-order valence-electron chi connectivity index (χ4n) is 3.18. The number of aliphatic carboxylic acids is 1. The highest BCUT2D eigenvalue weighted by atomic mass is 16.4. The molecule has 2 aliphatic carbocycles. The summed E-state index contributed by atoms with van der Waals surface area (Å²) in [6, 6.07) is 8.55. The lowest BCUT2D eigenvalue weighted by atomic mass is 9.79. The van der Waals surface area contributed by atoms with E-state index < -0.39 is 5.97 Å². The van der Waals surface area contributed by atoms with Gasteiger partial charge in [0.05, 0.1) is 5.92 Å². The average Bonchev–Trinajstić information content (AvgIpc) is 3.08. The minimum atomic E-state index is -0.604. The molecule has 1 fully saturated rings. The zero-order valence-corrected chi connectivity index (χ0v) is 9.23. The van der Waals surface area contributed by atoms with Crippen LogP contribution in [0, 0.1) is 11.8 Å². The summed E-state index contributed by atoms with van der Waals surface area (Å²) in [6.45, 7) is 0. The van der Waals surface area contributed by atoms with Crippen molar-refractivity contribution in [2.75, 3.05) is 0 Å². The number of benzene rings is 1. The van der Waals surface area contributed by atoms with Crippen LogP contribution in [0.25, 0.3) is 0 Å². The van der Waals surface area contributed by atoms with Gasteiger partial charge in [-0.05, 0) is 48.6 Å².